The van der Waals surface area contributed by atoms with E-state index in [9.17, 15) is 9.59 Å². The van der Waals surface area contributed by atoms with Gasteiger partial charge in [0.25, 0.3) is 0 Å². The Morgan fingerprint density at radius 2 is 1.93 bits per heavy atom. The van der Waals surface area contributed by atoms with Gasteiger partial charge in [-0.15, -0.1) is 0 Å². The minimum absolute atomic E-state index is 0.233. The summed E-state index contributed by atoms with van der Waals surface area (Å²) in [5.41, 5.74) is 2.43. The minimum Gasteiger partial charge on any atom is -0.444 e. The molecule has 28 heavy (non-hydrogen) atoms. The van der Waals surface area contributed by atoms with E-state index in [4.69, 9.17) is 4.74 Å². The zero-order chi connectivity index (χ0) is 20.6. The molecular formula is C22H33N3O3. The van der Waals surface area contributed by atoms with Crippen molar-refractivity contribution in [2.45, 2.75) is 65.0 Å². The number of rotatable bonds is 6. The fourth-order valence-electron chi connectivity index (χ4n) is 3.07. The molecule has 6 nitrogen and oxygen atoms in total. The van der Waals surface area contributed by atoms with Crippen LogP contribution in [0.1, 0.15) is 58.4 Å². The highest BCUT2D eigenvalue weighted by molar-refractivity contribution is 5.90. The minimum atomic E-state index is -0.545. The Bertz CT molecular complexity index is 707. The van der Waals surface area contributed by atoms with Crippen molar-refractivity contribution in [3.8, 4) is 0 Å². The van der Waals surface area contributed by atoms with Crippen LogP contribution in [0.3, 0.4) is 0 Å². The first-order chi connectivity index (χ1) is 13.2. The van der Waals surface area contributed by atoms with Crippen LogP contribution in [0.25, 0.3) is 0 Å². The molecule has 1 aromatic rings. The van der Waals surface area contributed by atoms with Crippen molar-refractivity contribution < 1.29 is 14.3 Å². The van der Waals surface area contributed by atoms with Gasteiger partial charge in [0.05, 0.1) is 6.54 Å². The van der Waals surface area contributed by atoms with Gasteiger partial charge in [0.1, 0.15) is 5.60 Å². The number of carbonyl (C=O) groups is 2. The topological polar surface area (TPSA) is 70.7 Å². The third-order valence-electron chi connectivity index (χ3n) is 4.49. The maximum absolute atomic E-state index is 12.3. The van der Waals surface area contributed by atoms with Gasteiger partial charge >= 0.3 is 12.1 Å². The second kappa shape index (κ2) is 10.2. The summed E-state index contributed by atoms with van der Waals surface area (Å²) in [4.78, 5) is 26.0. The summed E-state index contributed by atoms with van der Waals surface area (Å²) >= 11 is 0. The molecule has 1 aliphatic carbocycles. The number of urea groups is 1. The summed E-state index contributed by atoms with van der Waals surface area (Å²) in [6.07, 6.45) is 7.61. The smallest absolute Gasteiger partial charge is 0.410 e. The molecule has 0 fully saturated rings. The second-order valence-electron chi connectivity index (χ2n) is 8.23. The van der Waals surface area contributed by atoms with Crippen LogP contribution in [0.5, 0.6) is 0 Å². The van der Waals surface area contributed by atoms with Crippen LogP contribution in [0.15, 0.2) is 35.9 Å². The first-order valence-electron chi connectivity index (χ1n) is 9.99. The summed E-state index contributed by atoms with van der Waals surface area (Å²) < 4.78 is 5.39. The van der Waals surface area contributed by atoms with Gasteiger partial charge in [-0.1, -0.05) is 29.8 Å². The summed E-state index contributed by atoms with van der Waals surface area (Å²) in [6.45, 7) is 6.47. The highest BCUT2D eigenvalue weighted by atomic mass is 16.6. The number of carbonyl (C=O) groups excluding carboxylic acids is 2. The Morgan fingerprint density at radius 3 is 2.61 bits per heavy atom. The number of nitrogens with zero attached hydrogens (tertiary/aromatic N) is 1. The first-order valence-corrected chi connectivity index (χ1v) is 9.99. The standard InChI is InChI=1S/C22H33N3O3/c1-22(2,3)28-21(27)25(4)16-18-12-8-9-13-19(18)24-20(26)23-15-14-17-10-6-5-7-11-17/h8-10,12-13H,5-7,11,14-16H2,1-4H3,(H2,23,24,26). The number of allylic oxidation sites excluding steroid dienone is 1. The van der Waals surface area contributed by atoms with Crippen molar-refractivity contribution in [3.63, 3.8) is 0 Å². The van der Waals surface area contributed by atoms with Crippen LogP contribution in [0.2, 0.25) is 0 Å². The molecule has 3 amide bonds. The van der Waals surface area contributed by atoms with Crippen LogP contribution in [0, 0.1) is 0 Å². The maximum atomic E-state index is 12.3. The molecular weight excluding hydrogens is 354 g/mol. The molecule has 0 aliphatic heterocycles. The molecule has 1 aliphatic rings. The van der Waals surface area contributed by atoms with E-state index < -0.39 is 11.7 Å². The predicted molar refractivity (Wildman–Crippen MR) is 112 cm³/mol. The molecule has 0 saturated heterocycles. The molecule has 2 N–H and O–H groups in total. The van der Waals surface area contributed by atoms with E-state index in [1.807, 2.05) is 45.0 Å². The fraction of sp³-hybridized carbons (Fsp3) is 0.545. The van der Waals surface area contributed by atoms with E-state index in [0.717, 1.165) is 24.8 Å². The van der Waals surface area contributed by atoms with E-state index in [1.54, 1.807) is 7.05 Å². The third-order valence-corrected chi connectivity index (χ3v) is 4.49. The fourth-order valence-corrected chi connectivity index (χ4v) is 3.07. The number of ether oxygens (including phenoxy) is 1. The van der Waals surface area contributed by atoms with Crippen molar-refractivity contribution in [2.75, 3.05) is 18.9 Å². The number of amides is 3. The molecule has 0 atom stereocenters. The average molecular weight is 388 g/mol. The van der Waals surface area contributed by atoms with Gasteiger partial charge in [-0.05, 0) is 64.5 Å². The molecule has 0 spiro atoms. The lowest BCUT2D eigenvalue weighted by atomic mass is 9.97. The van der Waals surface area contributed by atoms with Crippen LogP contribution in [0.4, 0.5) is 15.3 Å². The van der Waals surface area contributed by atoms with Crippen molar-refractivity contribution in [2.24, 2.45) is 0 Å². The van der Waals surface area contributed by atoms with Gasteiger partial charge in [-0.25, -0.2) is 9.59 Å². The molecule has 6 heteroatoms. The van der Waals surface area contributed by atoms with Crippen LogP contribution in [-0.4, -0.2) is 36.2 Å². The Morgan fingerprint density at radius 1 is 1.18 bits per heavy atom. The molecule has 0 bridgehead atoms. The molecule has 0 aromatic heterocycles. The van der Waals surface area contributed by atoms with E-state index in [0.29, 0.717) is 18.8 Å². The number of nitrogens with one attached hydrogen (secondary N) is 2. The molecule has 0 saturated carbocycles. The van der Waals surface area contributed by atoms with Crippen LogP contribution >= 0.6 is 0 Å². The van der Waals surface area contributed by atoms with Gasteiger partial charge in [0, 0.05) is 19.3 Å². The van der Waals surface area contributed by atoms with Crippen LogP contribution < -0.4 is 10.6 Å². The Kier molecular flexibility index (Phi) is 7.91. The monoisotopic (exact) mass is 387 g/mol. The van der Waals surface area contributed by atoms with E-state index in [1.165, 1.54) is 23.3 Å². The molecule has 2 rings (SSSR count). The number of hydrogen-bond donors (Lipinski definition) is 2. The third kappa shape index (κ3) is 7.62. The largest absolute Gasteiger partial charge is 0.444 e. The Labute approximate surface area is 168 Å². The SMILES string of the molecule is CN(Cc1ccccc1NC(=O)NCCC1=CCCCC1)C(=O)OC(C)(C)C. The molecule has 154 valence electrons. The van der Waals surface area contributed by atoms with E-state index in [-0.39, 0.29) is 6.03 Å². The van der Waals surface area contributed by atoms with Crippen molar-refractivity contribution in [1.29, 1.82) is 0 Å². The lowest BCUT2D eigenvalue weighted by Crippen LogP contribution is -2.34. The number of anilines is 1. The van der Waals surface area contributed by atoms with E-state index in [2.05, 4.69) is 16.7 Å². The van der Waals surface area contributed by atoms with Crippen molar-refractivity contribution >= 4 is 17.8 Å². The number of benzene rings is 1. The predicted octanol–water partition coefficient (Wildman–Crippen LogP) is 5.07. The van der Waals surface area contributed by atoms with Crippen LogP contribution in [-0.2, 0) is 11.3 Å². The Balaban J connectivity index is 1.87. The molecule has 0 unspecified atom stereocenters. The highest BCUT2D eigenvalue weighted by Gasteiger charge is 2.20. The average Bonchev–Trinajstić information content (AvgIpc) is 2.63. The lowest BCUT2D eigenvalue weighted by molar-refractivity contribution is 0.0285. The number of hydrogen-bond acceptors (Lipinski definition) is 3. The summed E-state index contributed by atoms with van der Waals surface area (Å²) in [5, 5.41) is 5.81. The highest BCUT2D eigenvalue weighted by Crippen LogP contribution is 2.20. The van der Waals surface area contributed by atoms with Gasteiger partial charge in [-0.3, -0.25) is 0 Å². The second-order valence-corrected chi connectivity index (χ2v) is 8.23. The zero-order valence-electron chi connectivity index (χ0n) is 17.5. The Hall–Kier alpha value is -2.50. The summed E-state index contributed by atoms with van der Waals surface area (Å²) in [7, 11) is 1.68. The summed E-state index contributed by atoms with van der Waals surface area (Å²) in [6, 6.07) is 7.24. The van der Waals surface area contributed by atoms with Gasteiger partial charge in [0.2, 0.25) is 0 Å². The van der Waals surface area contributed by atoms with Crippen molar-refractivity contribution in [3.05, 3.63) is 41.5 Å². The van der Waals surface area contributed by atoms with Gasteiger partial charge in [-0.2, -0.15) is 0 Å². The van der Waals surface area contributed by atoms with Gasteiger partial charge < -0.3 is 20.3 Å². The molecule has 0 heterocycles. The van der Waals surface area contributed by atoms with Gasteiger partial charge in [0.15, 0.2) is 0 Å². The maximum Gasteiger partial charge on any atom is 0.410 e. The quantitative estimate of drug-likeness (QED) is 0.670. The number of para-hydroxylation sites is 1. The summed E-state index contributed by atoms with van der Waals surface area (Å²) in [5.74, 6) is 0. The first kappa shape index (κ1) is 21.8. The van der Waals surface area contributed by atoms with E-state index >= 15 is 0 Å². The molecule has 0 radical (unpaired) electrons. The lowest BCUT2D eigenvalue weighted by Gasteiger charge is -2.25. The molecule has 1 aromatic carbocycles. The van der Waals surface area contributed by atoms with Crippen molar-refractivity contribution in [1.82, 2.24) is 10.2 Å². The normalized spacial score (nSPS) is 14.1. The zero-order valence-corrected chi connectivity index (χ0v) is 17.5.